The number of benzene rings is 1. The zero-order valence-electron chi connectivity index (χ0n) is 19.7. The summed E-state index contributed by atoms with van der Waals surface area (Å²) in [6, 6.07) is 8.63. The highest BCUT2D eigenvalue weighted by Gasteiger charge is 2.42. The molecule has 1 saturated heterocycles. The van der Waals surface area contributed by atoms with E-state index in [-0.39, 0.29) is 36.4 Å². The van der Waals surface area contributed by atoms with Crippen LogP contribution in [0.1, 0.15) is 60.4 Å². The highest BCUT2D eigenvalue weighted by Crippen LogP contribution is 2.46. The smallest absolute Gasteiger partial charge is 0.416 e. The van der Waals surface area contributed by atoms with Crippen LogP contribution in [0.5, 0.6) is 0 Å². The van der Waals surface area contributed by atoms with Gasteiger partial charge in [-0.15, -0.1) is 11.3 Å². The highest BCUT2D eigenvalue weighted by atomic mass is 32.1. The average molecular weight is 518 g/mol. The molecule has 1 aromatic heterocycles. The molecule has 2 aliphatic heterocycles. The zero-order chi connectivity index (χ0) is 25.4. The van der Waals surface area contributed by atoms with Crippen molar-refractivity contribution in [2.45, 2.75) is 56.7 Å². The Hall–Kier alpha value is -2.91. The summed E-state index contributed by atoms with van der Waals surface area (Å²) in [4.78, 5) is 27.9. The molecule has 190 valence electrons. The van der Waals surface area contributed by atoms with E-state index in [0.29, 0.717) is 35.6 Å². The van der Waals surface area contributed by atoms with Crippen molar-refractivity contribution in [1.29, 1.82) is 0 Å². The zero-order valence-corrected chi connectivity index (χ0v) is 20.5. The number of rotatable bonds is 5. The van der Waals surface area contributed by atoms with Crippen LogP contribution >= 0.6 is 11.3 Å². The van der Waals surface area contributed by atoms with Gasteiger partial charge in [-0.2, -0.15) is 13.2 Å². The minimum atomic E-state index is -4.49. The van der Waals surface area contributed by atoms with Crippen LogP contribution in [0.4, 0.5) is 13.2 Å². The van der Waals surface area contributed by atoms with Crippen LogP contribution in [0.25, 0.3) is 0 Å². The summed E-state index contributed by atoms with van der Waals surface area (Å²) in [6.07, 6.45) is -2.11. The lowest BCUT2D eigenvalue weighted by Gasteiger charge is -2.36. The van der Waals surface area contributed by atoms with Crippen molar-refractivity contribution < 1.29 is 32.2 Å². The fourth-order valence-corrected chi connectivity index (χ4v) is 6.08. The Morgan fingerprint density at radius 1 is 1.19 bits per heavy atom. The molecule has 5 rings (SSSR count). The quantitative estimate of drug-likeness (QED) is 0.504. The van der Waals surface area contributed by atoms with Crippen LogP contribution in [0.3, 0.4) is 0 Å². The number of thiophene rings is 1. The van der Waals surface area contributed by atoms with Crippen molar-refractivity contribution in [1.82, 2.24) is 5.32 Å². The van der Waals surface area contributed by atoms with Gasteiger partial charge in [0.2, 0.25) is 0 Å². The van der Waals surface area contributed by atoms with Crippen LogP contribution in [-0.2, 0) is 25.2 Å². The molecule has 36 heavy (non-hydrogen) atoms. The third-order valence-corrected chi connectivity index (χ3v) is 8.02. The van der Waals surface area contributed by atoms with Gasteiger partial charge in [-0.3, -0.25) is 4.79 Å². The van der Waals surface area contributed by atoms with Crippen molar-refractivity contribution in [3.05, 3.63) is 80.3 Å². The molecular formula is C27H26F3NO4S. The van der Waals surface area contributed by atoms with Crippen LogP contribution in [0.2, 0.25) is 0 Å². The van der Waals surface area contributed by atoms with Crippen LogP contribution in [0, 0.1) is 0 Å². The van der Waals surface area contributed by atoms with Gasteiger partial charge < -0.3 is 14.8 Å². The molecule has 5 nitrogen and oxygen atoms in total. The Bertz CT molecular complexity index is 1210. The van der Waals surface area contributed by atoms with Gasteiger partial charge in [0, 0.05) is 46.7 Å². The second kappa shape index (κ2) is 9.86. The number of hydrogen-bond donors (Lipinski definition) is 1. The minimum Gasteiger partial charge on any atom is -0.459 e. The molecule has 1 aliphatic carbocycles. The molecule has 1 N–H and O–H groups in total. The molecule has 3 atom stereocenters. The summed E-state index contributed by atoms with van der Waals surface area (Å²) in [7, 11) is 0. The standard InChI is InChI=1S/C27H26F3NO4S/c1-15-23(26(33)35-14-19-4-2-10-34-19)24(16-6-8-18(9-7-16)27(28,29)30)25-20(31-15)12-17(13-21(25)32)22-5-3-11-36-22/h3,5-9,11,17,19,24,31H,2,4,10,12-14H2,1H3/t17-,19-,24+/m0/s1. The van der Waals surface area contributed by atoms with Gasteiger partial charge in [0.25, 0.3) is 0 Å². The third-order valence-electron chi connectivity index (χ3n) is 6.99. The van der Waals surface area contributed by atoms with E-state index in [1.54, 1.807) is 18.3 Å². The summed E-state index contributed by atoms with van der Waals surface area (Å²) >= 11 is 1.59. The van der Waals surface area contributed by atoms with E-state index in [0.717, 1.165) is 29.9 Å². The van der Waals surface area contributed by atoms with Crippen LogP contribution < -0.4 is 5.32 Å². The molecule has 9 heteroatoms. The number of halogens is 3. The number of dihydropyridines is 1. The summed E-state index contributed by atoms with van der Waals surface area (Å²) in [5.41, 5.74) is 1.58. The first-order chi connectivity index (χ1) is 17.2. The minimum absolute atomic E-state index is 0.0119. The second-order valence-corrected chi connectivity index (χ2v) is 10.4. The Morgan fingerprint density at radius 3 is 2.61 bits per heavy atom. The monoisotopic (exact) mass is 517 g/mol. The van der Waals surface area contributed by atoms with Gasteiger partial charge in [-0.05, 0) is 55.3 Å². The van der Waals surface area contributed by atoms with Crippen LogP contribution in [0.15, 0.2) is 64.3 Å². The molecule has 0 bridgehead atoms. The number of hydrogen-bond acceptors (Lipinski definition) is 6. The first-order valence-corrected chi connectivity index (χ1v) is 12.8. The van der Waals surface area contributed by atoms with Crippen molar-refractivity contribution in [2.24, 2.45) is 0 Å². The maximum atomic E-state index is 13.5. The normalized spacial score (nSPS) is 24.6. The number of ketones is 1. The number of ether oxygens (including phenoxy) is 2. The maximum Gasteiger partial charge on any atom is 0.416 e. The summed E-state index contributed by atoms with van der Waals surface area (Å²) in [5.74, 6) is -1.51. The largest absolute Gasteiger partial charge is 0.459 e. The van der Waals surface area contributed by atoms with E-state index in [9.17, 15) is 22.8 Å². The van der Waals surface area contributed by atoms with Gasteiger partial charge >= 0.3 is 12.1 Å². The van der Waals surface area contributed by atoms with Gasteiger partial charge in [0.15, 0.2) is 5.78 Å². The number of carbonyl (C=O) groups is 2. The van der Waals surface area contributed by atoms with E-state index < -0.39 is 23.6 Å². The number of Topliss-reactive ketones (excluding diaryl/α,β-unsaturated/α-hetero) is 1. The Morgan fingerprint density at radius 2 is 1.97 bits per heavy atom. The van der Waals surface area contributed by atoms with Crippen molar-refractivity contribution in [3.8, 4) is 0 Å². The number of nitrogens with one attached hydrogen (secondary N) is 1. The second-order valence-electron chi connectivity index (χ2n) is 9.39. The van der Waals surface area contributed by atoms with Crippen molar-refractivity contribution in [3.63, 3.8) is 0 Å². The molecule has 0 radical (unpaired) electrons. The Kier molecular flexibility index (Phi) is 6.78. The van der Waals surface area contributed by atoms with E-state index >= 15 is 0 Å². The molecule has 1 aromatic carbocycles. The predicted octanol–water partition coefficient (Wildman–Crippen LogP) is 5.85. The highest BCUT2D eigenvalue weighted by molar-refractivity contribution is 7.10. The van der Waals surface area contributed by atoms with Gasteiger partial charge in [0.1, 0.15) is 6.61 Å². The van der Waals surface area contributed by atoms with Crippen LogP contribution in [-0.4, -0.2) is 31.1 Å². The third kappa shape index (κ3) is 4.86. The fourth-order valence-electron chi connectivity index (χ4n) is 5.25. The lowest BCUT2D eigenvalue weighted by Crippen LogP contribution is -2.36. The average Bonchev–Trinajstić information content (AvgIpc) is 3.55. The molecule has 1 fully saturated rings. The first kappa shape index (κ1) is 24.8. The predicted molar refractivity (Wildman–Crippen MR) is 128 cm³/mol. The molecule has 2 aromatic rings. The topological polar surface area (TPSA) is 64.6 Å². The maximum absolute atomic E-state index is 13.5. The van der Waals surface area contributed by atoms with Gasteiger partial charge in [-0.1, -0.05) is 18.2 Å². The molecule has 0 spiro atoms. The summed E-state index contributed by atoms with van der Waals surface area (Å²) in [6.45, 7) is 2.45. The number of allylic oxidation sites excluding steroid dienone is 3. The lowest BCUT2D eigenvalue weighted by molar-refractivity contribution is -0.142. The van der Waals surface area contributed by atoms with E-state index in [1.165, 1.54) is 12.1 Å². The fraction of sp³-hybridized carbons (Fsp3) is 0.407. The van der Waals surface area contributed by atoms with E-state index in [4.69, 9.17) is 9.47 Å². The first-order valence-electron chi connectivity index (χ1n) is 12.0. The Labute approximate surface area is 211 Å². The Balaban J connectivity index is 1.51. The number of carbonyl (C=O) groups excluding carboxylic acids is 2. The molecule has 0 unspecified atom stereocenters. The molecule has 3 heterocycles. The summed E-state index contributed by atoms with van der Waals surface area (Å²) in [5, 5.41) is 5.23. The van der Waals surface area contributed by atoms with Crippen molar-refractivity contribution >= 4 is 23.1 Å². The molecule has 0 amide bonds. The summed E-state index contributed by atoms with van der Waals surface area (Å²) < 4.78 is 50.8. The van der Waals surface area contributed by atoms with Gasteiger partial charge in [-0.25, -0.2) is 4.79 Å². The molecule has 3 aliphatic rings. The van der Waals surface area contributed by atoms with Gasteiger partial charge in [0.05, 0.1) is 17.2 Å². The van der Waals surface area contributed by atoms with E-state index in [2.05, 4.69) is 5.32 Å². The number of alkyl halides is 3. The molecule has 0 saturated carbocycles. The van der Waals surface area contributed by atoms with Crippen molar-refractivity contribution in [2.75, 3.05) is 13.2 Å². The lowest BCUT2D eigenvalue weighted by atomic mass is 9.72. The SMILES string of the molecule is CC1=C(C(=O)OC[C@@H]2CCCO2)[C@@H](c2ccc(C(F)(F)F)cc2)C2=C(C[C@H](c3cccs3)CC2=O)N1. The van der Waals surface area contributed by atoms with E-state index in [1.807, 2.05) is 17.5 Å². The number of esters is 1. The molecular weight excluding hydrogens is 491 g/mol.